The number of carbonyl (C=O) groups excluding carboxylic acids is 1. The third kappa shape index (κ3) is 7.75. The number of aliphatic hydroxyl groups excluding tert-OH is 1. The Balaban J connectivity index is 1.28. The Labute approximate surface area is 263 Å². The van der Waals surface area contributed by atoms with Gasteiger partial charge < -0.3 is 19.1 Å². The van der Waals surface area contributed by atoms with Gasteiger partial charge in [0.2, 0.25) is 5.91 Å². The summed E-state index contributed by atoms with van der Waals surface area (Å²) in [4.78, 5) is 12.3. The molecule has 0 spiro atoms. The molecular formula is C35H39FN2O6S. The molecule has 3 aromatic carbocycles. The number of nitrogens with one attached hydrogen (secondary N) is 1. The smallest absolute Gasteiger partial charge is 0.264 e. The van der Waals surface area contributed by atoms with E-state index in [1.165, 1.54) is 11.1 Å². The van der Waals surface area contributed by atoms with Gasteiger partial charge in [0.25, 0.3) is 10.0 Å². The molecule has 0 saturated heterocycles. The van der Waals surface area contributed by atoms with E-state index in [1.54, 1.807) is 14.2 Å². The van der Waals surface area contributed by atoms with Crippen LogP contribution in [0.2, 0.25) is 0 Å². The molecule has 10 heteroatoms. The van der Waals surface area contributed by atoms with Crippen LogP contribution in [0.1, 0.15) is 46.8 Å². The number of benzene rings is 3. The minimum atomic E-state index is -4.09. The van der Waals surface area contributed by atoms with E-state index in [9.17, 15) is 22.7 Å². The molecule has 5 rings (SSSR count). The third-order valence-corrected chi connectivity index (χ3v) is 9.99. The van der Waals surface area contributed by atoms with Gasteiger partial charge in [0.1, 0.15) is 17.3 Å². The van der Waals surface area contributed by atoms with E-state index in [1.807, 2.05) is 42.1 Å². The first-order valence-corrected chi connectivity index (χ1v) is 16.5. The van der Waals surface area contributed by atoms with Gasteiger partial charge in [-0.1, -0.05) is 24.3 Å². The Morgan fingerprint density at radius 3 is 2.24 bits per heavy atom. The summed E-state index contributed by atoms with van der Waals surface area (Å²) in [6.45, 7) is 2.46. The van der Waals surface area contributed by atoms with Crippen LogP contribution in [0.3, 0.4) is 0 Å². The maximum atomic E-state index is 13.2. The number of fused-ring (bicyclic) bond motifs is 1. The predicted octanol–water partition coefficient (Wildman–Crippen LogP) is 5.55. The van der Waals surface area contributed by atoms with Crippen molar-refractivity contribution in [2.24, 2.45) is 11.8 Å². The fraction of sp³-hybridized carbons (Fsp3) is 0.343. The molecule has 0 bridgehead atoms. The molecule has 1 amide bonds. The number of hydrogen-bond donors (Lipinski definition) is 2. The molecule has 2 N–H and O–H groups in total. The number of nitrogens with zero attached hydrogens (tertiary/aromatic N) is 1. The summed E-state index contributed by atoms with van der Waals surface area (Å²) in [6.07, 6.45) is 6.08. The number of amides is 1. The molecule has 1 aromatic heterocycles. The van der Waals surface area contributed by atoms with Crippen LogP contribution >= 0.6 is 0 Å². The number of halogens is 1. The number of sulfonamides is 1. The minimum Gasteiger partial charge on any atom is -0.496 e. The van der Waals surface area contributed by atoms with Crippen molar-refractivity contribution in [3.63, 3.8) is 0 Å². The van der Waals surface area contributed by atoms with Gasteiger partial charge in [-0.3, -0.25) is 4.79 Å². The number of rotatable bonds is 13. The van der Waals surface area contributed by atoms with Crippen LogP contribution in [0, 0.1) is 24.6 Å². The Hall–Kier alpha value is -4.15. The summed E-state index contributed by atoms with van der Waals surface area (Å²) in [6, 6.07) is 18.4. The molecular weight excluding hydrogens is 595 g/mol. The van der Waals surface area contributed by atoms with E-state index >= 15 is 0 Å². The van der Waals surface area contributed by atoms with Crippen molar-refractivity contribution in [2.75, 3.05) is 14.2 Å². The summed E-state index contributed by atoms with van der Waals surface area (Å²) < 4.78 is 53.4. The van der Waals surface area contributed by atoms with E-state index in [2.05, 4.69) is 29.0 Å². The van der Waals surface area contributed by atoms with Crippen molar-refractivity contribution in [2.45, 2.75) is 56.6 Å². The predicted molar refractivity (Wildman–Crippen MR) is 169 cm³/mol. The normalized spacial score (nSPS) is 14.5. The van der Waals surface area contributed by atoms with Crippen LogP contribution in [-0.4, -0.2) is 38.2 Å². The van der Waals surface area contributed by atoms with Crippen molar-refractivity contribution in [1.29, 1.82) is 0 Å². The van der Waals surface area contributed by atoms with Gasteiger partial charge in [-0.05, 0) is 103 Å². The molecule has 2 atom stereocenters. The number of aryl methyl sites for hydroxylation is 1. The topological polar surface area (TPSA) is 107 Å². The van der Waals surface area contributed by atoms with Gasteiger partial charge in [0.15, 0.2) is 0 Å². The molecule has 0 saturated carbocycles. The fourth-order valence-electron chi connectivity index (χ4n) is 6.25. The highest BCUT2D eigenvalue weighted by Crippen LogP contribution is 2.39. The van der Waals surface area contributed by atoms with E-state index < -0.39 is 27.9 Å². The highest BCUT2D eigenvalue weighted by molar-refractivity contribution is 7.90. The molecule has 1 aliphatic carbocycles. The lowest BCUT2D eigenvalue weighted by atomic mass is 9.85. The molecule has 45 heavy (non-hydrogen) atoms. The van der Waals surface area contributed by atoms with Crippen molar-refractivity contribution >= 4 is 15.9 Å². The average molecular weight is 635 g/mol. The second-order valence-electron chi connectivity index (χ2n) is 11.7. The summed E-state index contributed by atoms with van der Waals surface area (Å²) in [5.41, 5.74) is 5.17. The Kier molecular flexibility index (Phi) is 9.94. The number of ether oxygens (including phenoxy) is 2. The Bertz CT molecular complexity index is 1700. The summed E-state index contributed by atoms with van der Waals surface area (Å²) in [5, 5.41) is 11.8. The second-order valence-corrected chi connectivity index (χ2v) is 13.4. The van der Waals surface area contributed by atoms with E-state index in [-0.39, 0.29) is 17.2 Å². The highest BCUT2D eigenvalue weighted by Gasteiger charge is 2.30. The van der Waals surface area contributed by atoms with Gasteiger partial charge in [0, 0.05) is 36.8 Å². The van der Waals surface area contributed by atoms with Gasteiger partial charge in [-0.2, -0.15) is 0 Å². The zero-order chi connectivity index (χ0) is 32.1. The largest absolute Gasteiger partial charge is 0.496 e. The second kappa shape index (κ2) is 13.9. The van der Waals surface area contributed by atoms with E-state index in [0.29, 0.717) is 30.4 Å². The maximum Gasteiger partial charge on any atom is 0.264 e. The first-order chi connectivity index (χ1) is 21.6. The monoisotopic (exact) mass is 634 g/mol. The lowest BCUT2D eigenvalue weighted by Gasteiger charge is -2.27. The van der Waals surface area contributed by atoms with Gasteiger partial charge in [-0.15, -0.1) is 0 Å². The lowest BCUT2D eigenvalue weighted by Crippen LogP contribution is -2.30. The molecule has 0 fully saturated rings. The summed E-state index contributed by atoms with van der Waals surface area (Å²) >= 11 is 0. The zero-order valence-electron chi connectivity index (χ0n) is 25.7. The standard InChI is InChI=1S/C35H39FN2O6S/c1-23-32(43-2)19-28(20-33(23)44-3)35(40)29(18-25-16-26-6-4-5-7-27(26)17-25)22-38-15-14-24(21-38)8-13-34(39)37-45(41,42)31-11-9-30(36)10-12-31/h4-7,9-12,14-15,19-21,25,29,35,40H,8,13,16-18,22H2,1-3H3,(H,37,39)/t29-,35-/m1/s1. The summed E-state index contributed by atoms with van der Waals surface area (Å²) in [7, 11) is -0.884. The van der Waals surface area contributed by atoms with Gasteiger partial charge in [0.05, 0.1) is 25.2 Å². The van der Waals surface area contributed by atoms with Crippen LogP contribution in [0.15, 0.2) is 84.0 Å². The van der Waals surface area contributed by atoms with Gasteiger partial charge >= 0.3 is 0 Å². The van der Waals surface area contributed by atoms with Crippen molar-refractivity contribution in [1.82, 2.24) is 9.29 Å². The van der Waals surface area contributed by atoms with Crippen molar-refractivity contribution in [3.8, 4) is 11.5 Å². The highest BCUT2D eigenvalue weighted by atomic mass is 32.2. The molecule has 0 radical (unpaired) electrons. The molecule has 238 valence electrons. The first kappa shape index (κ1) is 32.2. The number of methoxy groups -OCH3 is 2. The molecule has 8 nitrogen and oxygen atoms in total. The fourth-order valence-corrected chi connectivity index (χ4v) is 7.27. The first-order valence-electron chi connectivity index (χ1n) is 15.0. The van der Waals surface area contributed by atoms with Gasteiger partial charge in [-0.25, -0.2) is 17.5 Å². The number of hydrogen-bond acceptors (Lipinski definition) is 6. The van der Waals surface area contributed by atoms with Crippen LogP contribution in [0.5, 0.6) is 11.5 Å². The van der Waals surface area contributed by atoms with Crippen LogP contribution in [0.25, 0.3) is 0 Å². The molecule has 0 unspecified atom stereocenters. The average Bonchev–Trinajstić information content (AvgIpc) is 3.65. The number of carbonyl (C=O) groups is 1. The van der Waals surface area contributed by atoms with Crippen molar-refractivity contribution < 1.29 is 32.2 Å². The Morgan fingerprint density at radius 2 is 1.64 bits per heavy atom. The molecule has 1 aliphatic rings. The van der Waals surface area contributed by atoms with Crippen LogP contribution in [0.4, 0.5) is 4.39 Å². The van der Waals surface area contributed by atoms with Crippen LogP contribution < -0.4 is 14.2 Å². The molecule has 4 aromatic rings. The third-order valence-electron chi connectivity index (χ3n) is 8.60. The molecule has 0 aliphatic heterocycles. The SMILES string of the molecule is COc1cc([C@@H](O)[C@H](CC2Cc3ccccc3C2)Cn2ccc(CCC(=O)NS(=O)(=O)c3ccc(F)cc3)c2)cc(OC)c1C. The summed E-state index contributed by atoms with van der Waals surface area (Å²) in [5.74, 6) is 0.343. The van der Waals surface area contributed by atoms with E-state index in [0.717, 1.165) is 60.2 Å². The Morgan fingerprint density at radius 1 is 1.02 bits per heavy atom. The zero-order valence-corrected chi connectivity index (χ0v) is 26.5. The minimum absolute atomic E-state index is 0.0419. The molecule has 1 heterocycles. The van der Waals surface area contributed by atoms with Crippen LogP contribution in [-0.2, 0) is 40.6 Å². The van der Waals surface area contributed by atoms with Crippen molar-refractivity contribution in [3.05, 3.63) is 113 Å². The maximum absolute atomic E-state index is 13.2. The number of aromatic nitrogens is 1. The lowest BCUT2D eigenvalue weighted by molar-refractivity contribution is -0.119. The van der Waals surface area contributed by atoms with E-state index in [4.69, 9.17) is 9.47 Å². The number of aliphatic hydroxyl groups is 1. The quantitative estimate of drug-likeness (QED) is 0.200.